The summed E-state index contributed by atoms with van der Waals surface area (Å²) in [5.74, 6) is 2.09. The highest BCUT2D eigenvalue weighted by Crippen LogP contribution is 2.35. The molecule has 1 fully saturated rings. The Bertz CT molecular complexity index is 964. The fourth-order valence-electron chi connectivity index (χ4n) is 3.64. The zero-order valence-electron chi connectivity index (χ0n) is 20.7. The van der Waals surface area contributed by atoms with Crippen molar-refractivity contribution in [1.82, 2.24) is 9.97 Å². The molecule has 1 aromatic heterocycles. The molecule has 2 N–H and O–H groups in total. The van der Waals surface area contributed by atoms with E-state index in [0.717, 1.165) is 46.1 Å². The van der Waals surface area contributed by atoms with Gasteiger partial charge in [-0.05, 0) is 55.0 Å². The van der Waals surface area contributed by atoms with E-state index in [1.807, 2.05) is 44.2 Å². The molecule has 0 aliphatic heterocycles. The number of nitrogens with zero attached hydrogens (tertiary/aromatic N) is 2. The van der Waals surface area contributed by atoms with Crippen LogP contribution in [0.25, 0.3) is 5.57 Å². The summed E-state index contributed by atoms with van der Waals surface area (Å²) in [4.78, 5) is 8.62. The van der Waals surface area contributed by atoms with Crippen molar-refractivity contribution in [3.63, 3.8) is 0 Å². The largest absolute Gasteiger partial charge is 0.489 e. The van der Waals surface area contributed by atoms with Crippen molar-refractivity contribution in [2.45, 2.75) is 59.8 Å². The van der Waals surface area contributed by atoms with Crippen LogP contribution in [0.5, 0.6) is 5.75 Å². The van der Waals surface area contributed by atoms with E-state index < -0.39 is 0 Å². The maximum absolute atomic E-state index is 6.27. The Hall–Kier alpha value is -3.14. The van der Waals surface area contributed by atoms with Gasteiger partial charge in [0, 0.05) is 5.56 Å². The molecule has 0 bridgehead atoms. The Morgan fingerprint density at radius 2 is 2.00 bits per heavy atom. The number of nitrogen functional groups attached to an aromatic ring is 1. The van der Waals surface area contributed by atoms with E-state index in [0.29, 0.717) is 12.4 Å². The van der Waals surface area contributed by atoms with Gasteiger partial charge in [0.1, 0.15) is 24.5 Å². The second-order valence-electron chi connectivity index (χ2n) is 8.37. The molecule has 4 heteroatoms. The zero-order chi connectivity index (χ0) is 24.1. The average molecular weight is 446 g/mol. The standard InChI is InChI=1S/C26H31N3O.C3H8/c1-4-8-21(9-5-2)17-30-23-13-7-12-22(16-23)24(15-14-20-10-6-11-20)25-19(3)28-18-29-26(25)27;1-3-2/h4-5,7-9,12-13,15-16,18,20H,1,6,10-11,14,17H2,2-3H3,(H2,27,28,29);3H2,1-2H3/b9-5-,21-8+,24-15-;. The Morgan fingerprint density at radius 1 is 1.24 bits per heavy atom. The van der Waals surface area contributed by atoms with Crippen LogP contribution in [-0.4, -0.2) is 16.6 Å². The number of allylic oxidation sites excluding steroid dienone is 4. The first-order chi connectivity index (χ1) is 16.0. The molecule has 1 aliphatic carbocycles. The molecule has 4 nitrogen and oxygen atoms in total. The first-order valence-corrected chi connectivity index (χ1v) is 12.0. The van der Waals surface area contributed by atoms with Gasteiger partial charge in [-0.2, -0.15) is 0 Å². The lowest BCUT2D eigenvalue weighted by molar-refractivity contribution is 0.320. The summed E-state index contributed by atoms with van der Waals surface area (Å²) in [6.45, 7) is 12.5. The van der Waals surface area contributed by atoms with E-state index in [1.54, 1.807) is 6.08 Å². The Morgan fingerprint density at radius 3 is 2.61 bits per heavy atom. The van der Waals surface area contributed by atoms with Crippen LogP contribution in [0.1, 0.15) is 69.7 Å². The SMILES string of the molecule is C=C/C=C(\C=C/C)COc1cccc(/C(=C/CC2CCC2)c2c(C)ncnc2N)c1.CCC. The van der Waals surface area contributed by atoms with Crippen molar-refractivity contribution in [2.24, 2.45) is 5.92 Å². The Labute approximate surface area is 200 Å². The van der Waals surface area contributed by atoms with Crippen molar-refractivity contribution in [3.05, 3.63) is 89.9 Å². The molecule has 0 amide bonds. The fraction of sp³-hybridized carbons (Fsp3) is 0.379. The normalized spacial score (nSPS) is 14.4. The molecule has 176 valence electrons. The Balaban J connectivity index is 0.00000122. The second kappa shape index (κ2) is 14.1. The van der Waals surface area contributed by atoms with Crippen LogP contribution in [0, 0.1) is 12.8 Å². The van der Waals surface area contributed by atoms with E-state index in [4.69, 9.17) is 10.5 Å². The van der Waals surface area contributed by atoms with Gasteiger partial charge in [-0.15, -0.1) is 0 Å². The molecule has 0 saturated heterocycles. The summed E-state index contributed by atoms with van der Waals surface area (Å²) < 4.78 is 6.06. The van der Waals surface area contributed by atoms with Crippen LogP contribution in [0.15, 0.2) is 73.1 Å². The predicted octanol–water partition coefficient (Wildman–Crippen LogP) is 7.47. The van der Waals surface area contributed by atoms with E-state index >= 15 is 0 Å². The minimum absolute atomic E-state index is 0.483. The maximum atomic E-state index is 6.27. The molecular formula is C29H39N3O. The van der Waals surface area contributed by atoms with E-state index in [2.05, 4.69) is 48.6 Å². The molecule has 1 aromatic carbocycles. The highest BCUT2D eigenvalue weighted by molar-refractivity contribution is 5.85. The molecule has 0 spiro atoms. The van der Waals surface area contributed by atoms with Crippen molar-refractivity contribution < 1.29 is 4.74 Å². The van der Waals surface area contributed by atoms with Crippen LogP contribution < -0.4 is 10.5 Å². The van der Waals surface area contributed by atoms with Gasteiger partial charge in [0.2, 0.25) is 0 Å². The quantitative estimate of drug-likeness (QED) is 0.407. The third-order valence-corrected chi connectivity index (χ3v) is 5.48. The van der Waals surface area contributed by atoms with Gasteiger partial charge in [0.25, 0.3) is 0 Å². The van der Waals surface area contributed by atoms with Crippen molar-refractivity contribution in [2.75, 3.05) is 12.3 Å². The third kappa shape index (κ3) is 8.05. The van der Waals surface area contributed by atoms with Gasteiger partial charge in [-0.3, -0.25) is 0 Å². The number of anilines is 1. The second-order valence-corrected chi connectivity index (χ2v) is 8.37. The summed E-state index contributed by atoms with van der Waals surface area (Å²) in [5.41, 5.74) is 11.3. The highest BCUT2D eigenvalue weighted by atomic mass is 16.5. The predicted molar refractivity (Wildman–Crippen MR) is 141 cm³/mol. The molecule has 1 heterocycles. The summed E-state index contributed by atoms with van der Waals surface area (Å²) >= 11 is 0. The Kier molecular flexibility index (Phi) is 11.2. The van der Waals surface area contributed by atoms with Gasteiger partial charge >= 0.3 is 0 Å². The molecule has 1 aliphatic rings. The van der Waals surface area contributed by atoms with E-state index in [1.165, 1.54) is 32.0 Å². The number of hydrogen-bond acceptors (Lipinski definition) is 4. The molecule has 0 radical (unpaired) electrons. The lowest BCUT2D eigenvalue weighted by Crippen LogP contribution is -2.10. The van der Waals surface area contributed by atoms with Crippen LogP contribution in [0.4, 0.5) is 5.82 Å². The third-order valence-electron chi connectivity index (χ3n) is 5.48. The first-order valence-electron chi connectivity index (χ1n) is 12.0. The number of nitrogens with two attached hydrogens (primary N) is 1. The molecule has 0 atom stereocenters. The van der Waals surface area contributed by atoms with E-state index in [9.17, 15) is 0 Å². The number of rotatable bonds is 9. The molecule has 0 unspecified atom stereocenters. The van der Waals surface area contributed by atoms with Crippen LogP contribution in [0.3, 0.4) is 0 Å². The van der Waals surface area contributed by atoms with Crippen LogP contribution in [-0.2, 0) is 0 Å². The molecular weight excluding hydrogens is 406 g/mol. The number of hydrogen-bond donors (Lipinski definition) is 1. The number of ether oxygens (including phenoxy) is 1. The van der Waals surface area contributed by atoms with Crippen LogP contribution >= 0.6 is 0 Å². The van der Waals surface area contributed by atoms with Crippen molar-refractivity contribution >= 4 is 11.4 Å². The van der Waals surface area contributed by atoms with Gasteiger partial charge in [-0.25, -0.2) is 9.97 Å². The molecule has 1 saturated carbocycles. The number of benzene rings is 1. The van der Waals surface area contributed by atoms with Gasteiger partial charge in [-0.1, -0.05) is 88.6 Å². The first kappa shape index (κ1) is 26.1. The zero-order valence-corrected chi connectivity index (χ0v) is 20.7. The summed E-state index contributed by atoms with van der Waals surface area (Å²) in [6, 6.07) is 8.16. The summed E-state index contributed by atoms with van der Waals surface area (Å²) in [5, 5.41) is 0. The molecule has 3 rings (SSSR count). The minimum Gasteiger partial charge on any atom is -0.489 e. The molecule has 2 aromatic rings. The fourth-order valence-corrected chi connectivity index (χ4v) is 3.64. The van der Waals surface area contributed by atoms with Crippen molar-refractivity contribution in [3.8, 4) is 5.75 Å². The monoisotopic (exact) mass is 445 g/mol. The van der Waals surface area contributed by atoms with Crippen molar-refractivity contribution in [1.29, 1.82) is 0 Å². The van der Waals surface area contributed by atoms with Gasteiger partial charge in [0.05, 0.1) is 5.69 Å². The van der Waals surface area contributed by atoms with Gasteiger partial charge in [0.15, 0.2) is 0 Å². The minimum atomic E-state index is 0.483. The lowest BCUT2D eigenvalue weighted by atomic mass is 9.82. The van der Waals surface area contributed by atoms with Crippen LogP contribution in [0.2, 0.25) is 0 Å². The highest BCUT2D eigenvalue weighted by Gasteiger charge is 2.19. The average Bonchev–Trinajstić information content (AvgIpc) is 2.76. The topological polar surface area (TPSA) is 61.0 Å². The summed E-state index contributed by atoms with van der Waals surface area (Å²) in [7, 11) is 0. The molecule has 33 heavy (non-hydrogen) atoms. The number of aromatic nitrogens is 2. The maximum Gasteiger partial charge on any atom is 0.134 e. The van der Waals surface area contributed by atoms with E-state index in [-0.39, 0.29) is 0 Å². The summed E-state index contributed by atoms with van der Waals surface area (Å²) in [6.07, 6.45) is 17.8. The lowest BCUT2D eigenvalue weighted by Gasteiger charge is -2.24. The smallest absolute Gasteiger partial charge is 0.134 e. The van der Waals surface area contributed by atoms with Gasteiger partial charge < -0.3 is 10.5 Å². The number of aryl methyl sites for hydroxylation is 1.